The Balaban J connectivity index is 1.47. The van der Waals surface area contributed by atoms with Gasteiger partial charge < -0.3 is 24.1 Å². The summed E-state index contributed by atoms with van der Waals surface area (Å²) in [5, 5.41) is 11.4. The second kappa shape index (κ2) is 5.57. The number of rotatable bonds is 4. The molecule has 6 atom stereocenters. The number of hydrogen-bond donors (Lipinski definition) is 1. The van der Waals surface area contributed by atoms with Crippen LogP contribution in [0.15, 0.2) is 11.6 Å². The van der Waals surface area contributed by atoms with Crippen molar-refractivity contribution in [3.63, 3.8) is 0 Å². The molecule has 1 heterocycles. The van der Waals surface area contributed by atoms with Crippen molar-refractivity contribution in [3.8, 4) is 0 Å². The first-order valence-electron chi connectivity index (χ1n) is 10.6. The zero-order valence-corrected chi connectivity index (χ0v) is 17.2. The number of allylic oxidation sites excluding steroid dienone is 1. The van der Waals surface area contributed by atoms with Crippen molar-refractivity contribution in [3.05, 3.63) is 11.6 Å². The Morgan fingerprint density at radius 3 is 2.59 bits per heavy atom. The van der Waals surface area contributed by atoms with Crippen LogP contribution in [-0.4, -0.2) is 55.6 Å². The topological polar surface area (TPSA) is 60.5 Å². The minimum absolute atomic E-state index is 0.0970. The van der Waals surface area contributed by atoms with Gasteiger partial charge in [-0.15, -0.1) is 0 Å². The number of fused-ring (bicyclic) bond motifs is 3. The summed E-state index contributed by atoms with van der Waals surface area (Å²) in [5.41, 5.74) is 0.520. The molecule has 1 saturated heterocycles. The van der Waals surface area contributed by atoms with Gasteiger partial charge in [0.2, 0.25) is 0 Å². The fourth-order valence-electron chi connectivity index (χ4n) is 7.60. The maximum atomic E-state index is 11.4. The minimum Gasteiger partial charge on any atom is -0.387 e. The van der Waals surface area contributed by atoms with Gasteiger partial charge in [0, 0.05) is 39.6 Å². The molecule has 5 nitrogen and oxygen atoms in total. The van der Waals surface area contributed by atoms with Gasteiger partial charge in [-0.3, -0.25) is 0 Å². The summed E-state index contributed by atoms with van der Waals surface area (Å²) >= 11 is 0. The summed E-state index contributed by atoms with van der Waals surface area (Å²) in [6, 6.07) is 0. The van der Waals surface area contributed by atoms with Crippen LogP contribution < -0.4 is 0 Å². The monoisotopic (exact) mass is 378 g/mol. The van der Waals surface area contributed by atoms with E-state index in [2.05, 4.69) is 13.0 Å². The highest BCUT2D eigenvalue weighted by Gasteiger charge is 2.79. The molecule has 5 aliphatic rings. The summed E-state index contributed by atoms with van der Waals surface area (Å²) in [6.45, 7) is 2.72. The first-order valence-corrected chi connectivity index (χ1v) is 10.6. The molecule has 1 aliphatic heterocycles. The van der Waals surface area contributed by atoms with E-state index in [9.17, 15) is 5.11 Å². The molecule has 4 fully saturated rings. The SMILES string of the molecule is COC[C@]1(O)CC[C@H]2[C@@H]3CC[C@@]45CC(OC)(OC)CC[C@@]4(O5)C3=CC[C@@]21C. The van der Waals surface area contributed by atoms with Crippen molar-refractivity contribution in [2.45, 2.75) is 80.9 Å². The lowest BCUT2D eigenvalue weighted by Gasteiger charge is -2.52. The van der Waals surface area contributed by atoms with Crippen LogP contribution in [0, 0.1) is 17.3 Å². The van der Waals surface area contributed by atoms with Gasteiger partial charge >= 0.3 is 0 Å². The van der Waals surface area contributed by atoms with Crippen LogP contribution in [0.5, 0.6) is 0 Å². The first kappa shape index (κ1) is 18.6. The van der Waals surface area contributed by atoms with E-state index < -0.39 is 11.4 Å². The molecule has 27 heavy (non-hydrogen) atoms. The lowest BCUT2D eigenvalue weighted by atomic mass is 9.53. The van der Waals surface area contributed by atoms with Crippen molar-refractivity contribution >= 4 is 0 Å². The number of aliphatic hydroxyl groups is 1. The van der Waals surface area contributed by atoms with E-state index in [1.54, 1.807) is 21.3 Å². The van der Waals surface area contributed by atoms with E-state index in [4.69, 9.17) is 18.9 Å². The molecule has 0 spiro atoms. The molecule has 0 radical (unpaired) electrons. The maximum Gasteiger partial charge on any atom is 0.170 e. The van der Waals surface area contributed by atoms with Crippen LogP contribution in [0.3, 0.4) is 0 Å². The lowest BCUT2D eigenvalue weighted by Crippen LogP contribution is -2.55. The lowest BCUT2D eigenvalue weighted by molar-refractivity contribution is -0.229. The summed E-state index contributed by atoms with van der Waals surface area (Å²) < 4.78 is 23.6. The smallest absolute Gasteiger partial charge is 0.170 e. The Kier molecular flexibility index (Phi) is 3.83. The van der Waals surface area contributed by atoms with Crippen LogP contribution in [0.25, 0.3) is 0 Å². The average molecular weight is 379 g/mol. The fourth-order valence-corrected chi connectivity index (χ4v) is 7.60. The quantitative estimate of drug-likeness (QED) is 0.462. The summed E-state index contributed by atoms with van der Waals surface area (Å²) in [6.07, 6.45) is 10.2. The third kappa shape index (κ3) is 2.08. The Hall–Kier alpha value is -0.460. The van der Waals surface area contributed by atoms with Gasteiger partial charge in [0.1, 0.15) is 11.2 Å². The Bertz CT molecular complexity index is 672. The first-order chi connectivity index (χ1) is 12.8. The Morgan fingerprint density at radius 1 is 1.11 bits per heavy atom. The number of methoxy groups -OCH3 is 3. The Labute approximate surface area is 162 Å². The molecule has 4 aliphatic carbocycles. The van der Waals surface area contributed by atoms with Crippen LogP contribution in [0.4, 0.5) is 0 Å². The van der Waals surface area contributed by atoms with E-state index in [0.717, 1.165) is 51.4 Å². The van der Waals surface area contributed by atoms with Crippen molar-refractivity contribution in [2.24, 2.45) is 17.3 Å². The molecule has 5 rings (SSSR count). The van der Waals surface area contributed by atoms with Crippen molar-refractivity contribution in [1.29, 1.82) is 0 Å². The highest BCUT2D eigenvalue weighted by atomic mass is 16.7. The third-order valence-electron chi connectivity index (χ3n) is 9.31. The van der Waals surface area contributed by atoms with Gasteiger partial charge in [-0.05, 0) is 55.9 Å². The number of epoxide rings is 1. The maximum absolute atomic E-state index is 11.4. The molecule has 0 aromatic rings. The van der Waals surface area contributed by atoms with Gasteiger partial charge in [0.15, 0.2) is 5.79 Å². The standard InChI is InChI=1S/C22H34O5/c1-18-8-6-17-15(16(18)7-9-19(18,23)14-24-2)5-10-20-13-21(25-3,26-4)11-12-22(17,20)27-20/h6,15-16,23H,5,7-14H2,1-4H3/t15-,16-,18-,19+,20+,22+/m0/s1. The van der Waals surface area contributed by atoms with Gasteiger partial charge in [-0.2, -0.15) is 0 Å². The molecule has 0 bridgehead atoms. The molecule has 0 aromatic carbocycles. The van der Waals surface area contributed by atoms with Gasteiger partial charge in [-0.1, -0.05) is 13.0 Å². The van der Waals surface area contributed by atoms with Gasteiger partial charge in [0.25, 0.3) is 0 Å². The summed E-state index contributed by atoms with van der Waals surface area (Å²) in [5.74, 6) is 0.552. The fraction of sp³-hybridized carbons (Fsp3) is 0.909. The predicted molar refractivity (Wildman–Crippen MR) is 100 cm³/mol. The van der Waals surface area contributed by atoms with Gasteiger partial charge in [0.05, 0.1) is 12.2 Å². The second-order valence-electron chi connectivity index (χ2n) is 9.96. The van der Waals surface area contributed by atoms with Crippen molar-refractivity contribution in [2.75, 3.05) is 27.9 Å². The van der Waals surface area contributed by atoms with Crippen LogP contribution in [-0.2, 0) is 18.9 Å². The normalized spacial score (nSPS) is 52.3. The Morgan fingerprint density at radius 2 is 1.89 bits per heavy atom. The predicted octanol–water partition coefficient (Wildman–Crippen LogP) is 3.20. The van der Waals surface area contributed by atoms with E-state index >= 15 is 0 Å². The molecule has 3 saturated carbocycles. The molecule has 152 valence electrons. The molecule has 0 unspecified atom stereocenters. The largest absolute Gasteiger partial charge is 0.387 e. The highest BCUT2D eigenvalue weighted by molar-refractivity contribution is 5.43. The molecule has 0 amide bonds. The molecule has 0 aromatic heterocycles. The zero-order chi connectivity index (χ0) is 19.1. The van der Waals surface area contributed by atoms with Crippen LogP contribution in [0.2, 0.25) is 0 Å². The molecule has 1 N–H and O–H groups in total. The van der Waals surface area contributed by atoms with Crippen molar-refractivity contribution < 1.29 is 24.1 Å². The van der Waals surface area contributed by atoms with E-state index in [0.29, 0.717) is 18.4 Å². The number of hydrogen-bond acceptors (Lipinski definition) is 5. The average Bonchev–Trinajstić information content (AvgIpc) is 3.28. The van der Waals surface area contributed by atoms with Gasteiger partial charge in [-0.25, -0.2) is 0 Å². The van der Waals surface area contributed by atoms with Crippen LogP contribution >= 0.6 is 0 Å². The second-order valence-corrected chi connectivity index (χ2v) is 9.96. The van der Waals surface area contributed by atoms with E-state index in [1.807, 2.05) is 0 Å². The van der Waals surface area contributed by atoms with E-state index in [1.165, 1.54) is 5.57 Å². The summed E-state index contributed by atoms with van der Waals surface area (Å²) in [7, 11) is 5.20. The number of ether oxygens (including phenoxy) is 4. The third-order valence-corrected chi connectivity index (χ3v) is 9.31. The van der Waals surface area contributed by atoms with Crippen LogP contribution in [0.1, 0.15) is 58.3 Å². The minimum atomic E-state index is -0.709. The highest BCUT2D eigenvalue weighted by Crippen LogP contribution is 2.73. The van der Waals surface area contributed by atoms with Crippen molar-refractivity contribution in [1.82, 2.24) is 0 Å². The molecular formula is C22H34O5. The van der Waals surface area contributed by atoms with E-state index in [-0.39, 0.29) is 16.6 Å². The molecular weight excluding hydrogens is 344 g/mol. The summed E-state index contributed by atoms with van der Waals surface area (Å²) in [4.78, 5) is 0. The molecule has 5 heteroatoms. The zero-order valence-electron chi connectivity index (χ0n) is 17.2.